The van der Waals surface area contributed by atoms with Crippen molar-refractivity contribution in [3.8, 4) is 0 Å². The molecule has 0 radical (unpaired) electrons. The van der Waals surface area contributed by atoms with E-state index in [1.54, 1.807) is 13.3 Å². The number of pyridine rings is 1. The van der Waals surface area contributed by atoms with Crippen molar-refractivity contribution in [3.05, 3.63) is 53.7 Å². The van der Waals surface area contributed by atoms with E-state index < -0.39 is 0 Å². The monoisotopic (exact) mass is 337 g/mol. The van der Waals surface area contributed by atoms with Gasteiger partial charge >= 0.3 is 0 Å². The van der Waals surface area contributed by atoms with E-state index in [2.05, 4.69) is 15.2 Å². The molecule has 1 amide bonds. The van der Waals surface area contributed by atoms with Gasteiger partial charge in [0.05, 0.1) is 17.1 Å². The topological polar surface area (TPSA) is 73.1 Å². The number of rotatable bonds is 3. The summed E-state index contributed by atoms with van der Waals surface area (Å²) in [7, 11) is 1.64. The molecule has 3 aromatic rings. The predicted molar refractivity (Wildman–Crippen MR) is 91.9 cm³/mol. The minimum Gasteiger partial charge on any atom is -0.377 e. The number of hydrogen-bond acceptors (Lipinski definition) is 5. The summed E-state index contributed by atoms with van der Waals surface area (Å²) >= 11 is 0. The van der Waals surface area contributed by atoms with Crippen LogP contribution in [0.4, 0.5) is 0 Å². The van der Waals surface area contributed by atoms with Crippen LogP contribution in [0.25, 0.3) is 10.9 Å². The zero-order chi connectivity index (χ0) is 17.4. The van der Waals surface area contributed by atoms with Crippen molar-refractivity contribution >= 4 is 16.8 Å². The lowest BCUT2D eigenvalue weighted by Gasteiger charge is -2.33. The number of ether oxygens (including phenoxy) is 1. The van der Waals surface area contributed by atoms with Crippen LogP contribution in [0.1, 0.15) is 35.0 Å². The number of aromatic nitrogens is 4. The van der Waals surface area contributed by atoms with Gasteiger partial charge in [-0.25, -0.2) is 0 Å². The number of carbonyl (C=O) groups is 1. The smallest absolute Gasteiger partial charge is 0.256 e. The highest BCUT2D eigenvalue weighted by molar-refractivity contribution is 5.97. The Kier molecular flexibility index (Phi) is 3.93. The number of amides is 1. The highest BCUT2D eigenvalue weighted by Gasteiger charge is 2.31. The lowest BCUT2D eigenvalue weighted by molar-refractivity contribution is 0.0632. The number of benzene rings is 1. The summed E-state index contributed by atoms with van der Waals surface area (Å²) in [6.45, 7) is 3.66. The fourth-order valence-electron chi connectivity index (χ4n) is 3.31. The van der Waals surface area contributed by atoms with Crippen LogP contribution >= 0.6 is 0 Å². The average Bonchev–Trinajstić information content (AvgIpc) is 3.05. The van der Waals surface area contributed by atoms with Crippen molar-refractivity contribution in [3.63, 3.8) is 0 Å². The second-order valence-corrected chi connectivity index (χ2v) is 6.15. The maximum atomic E-state index is 13.0. The van der Waals surface area contributed by atoms with Crippen molar-refractivity contribution in [2.75, 3.05) is 13.7 Å². The van der Waals surface area contributed by atoms with Crippen molar-refractivity contribution in [2.24, 2.45) is 0 Å². The second-order valence-electron chi connectivity index (χ2n) is 6.15. The molecule has 4 rings (SSSR count). The molecular weight excluding hydrogens is 318 g/mol. The normalized spacial score (nSPS) is 16.9. The van der Waals surface area contributed by atoms with Crippen LogP contribution in [0.3, 0.4) is 0 Å². The van der Waals surface area contributed by atoms with E-state index in [9.17, 15) is 4.79 Å². The lowest BCUT2D eigenvalue weighted by Crippen LogP contribution is -2.41. The summed E-state index contributed by atoms with van der Waals surface area (Å²) < 4.78 is 7.20. The molecule has 0 spiro atoms. The summed E-state index contributed by atoms with van der Waals surface area (Å²) in [6.07, 6.45) is 1.65. The molecule has 2 aromatic heterocycles. The van der Waals surface area contributed by atoms with E-state index in [4.69, 9.17) is 4.74 Å². The summed E-state index contributed by atoms with van der Waals surface area (Å²) in [5.74, 6) is 1.55. The minimum absolute atomic E-state index is 0.0340. The molecule has 1 aliphatic heterocycles. The Balaban J connectivity index is 1.63. The summed E-state index contributed by atoms with van der Waals surface area (Å²) in [6, 6.07) is 9.54. The van der Waals surface area contributed by atoms with Gasteiger partial charge in [0.15, 0.2) is 11.6 Å². The molecule has 3 heterocycles. The Morgan fingerprint density at radius 1 is 1.28 bits per heavy atom. The molecule has 128 valence electrons. The molecule has 0 aliphatic carbocycles. The summed E-state index contributed by atoms with van der Waals surface area (Å²) in [5.41, 5.74) is 1.48. The number of fused-ring (bicyclic) bond motifs is 2. The SMILES string of the molecule is COCc1nnc2n1CCN(C(=O)c1cnc3ccccc3c1)[C@H]2C. The highest BCUT2D eigenvalue weighted by Crippen LogP contribution is 2.26. The van der Waals surface area contributed by atoms with Crippen LogP contribution in [0, 0.1) is 0 Å². The number of nitrogens with zero attached hydrogens (tertiary/aromatic N) is 5. The van der Waals surface area contributed by atoms with E-state index in [1.165, 1.54) is 0 Å². The van der Waals surface area contributed by atoms with Gasteiger partial charge < -0.3 is 14.2 Å². The van der Waals surface area contributed by atoms with Crippen LogP contribution in [0.5, 0.6) is 0 Å². The molecular formula is C18H19N5O2. The molecule has 1 atom stereocenters. The fourth-order valence-corrected chi connectivity index (χ4v) is 3.31. The van der Waals surface area contributed by atoms with Crippen LogP contribution < -0.4 is 0 Å². The first-order valence-corrected chi connectivity index (χ1v) is 8.25. The van der Waals surface area contributed by atoms with E-state index in [0.717, 1.165) is 22.6 Å². The Labute approximate surface area is 145 Å². The zero-order valence-electron chi connectivity index (χ0n) is 14.2. The van der Waals surface area contributed by atoms with Crippen molar-refractivity contribution in [1.29, 1.82) is 0 Å². The van der Waals surface area contributed by atoms with Crippen LogP contribution in [-0.2, 0) is 17.9 Å². The first-order valence-electron chi connectivity index (χ1n) is 8.25. The highest BCUT2D eigenvalue weighted by atomic mass is 16.5. The van der Waals surface area contributed by atoms with Gasteiger partial charge in [-0.3, -0.25) is 9.78 Å². The number of para-hydroxylation sites is 1. The summed E-state index contributed by atoms with van der Waals surface area (Å²) in [5, 5.41) is 9.40. The van der Waals surface area contributed by atoms with Crippen molar-refractivity contribution < 1.29 is 9.53 Å². The quantitative estimate of drug-likeness (QED) is 0.732. The Hall–Kier alpha value is -2.80. The van der Waals surface area contributed by atoms with E-state index in [1.807, 2.05) is 46.7 Å². The Bertz CT molecular complexity index is 936. The molecule has 0 fully saturated rings. The molecule has 0 bridgehead atoms. The third-order valence-corrected chi connectivity index (χ3v) is 4.63. The standard InChI is InChI=1S/C18H19N5O2/c1-12-17-21-20-16(11-25-2)23(17)8-7-22(12)18(24)14-9-13-5-3-4-6-15(13)19-10-14/h3-6,9-10,12H,7-8,11H2,1-2H3/t12-/m0/s1. The molecule has 7 heteroatoms. The van der Waals surface area contributed by atoms with Gasteiger partial charge in [0.2, 0.25) is 0 Å². The van der Waals surface area contributed by atoms with Gasteiger partial charge in [-0.2, -0.15) is 0 Å². The third kappa shape index (κ3) is 2.66. The molecule has 0 saturated heterocycles. The van der Waals surface area contributed by atoms with Crippen LogP contribution in [0.15, 0.2) is 36.5 Å². The molecule has 0 unspecified atom stereocenters. The molecule has 7 nitrogen and oxygen atoms in total. The molecule has 1 aromatic carbocycles. The van der Waals surface area contributed by atoms with E-state index in [-0.39, 0.29) is 11.9 Å². The number of methoxy groups -OCH3 is 1. The Morgan fingerprint density at radius 2 is 2.12 bits per heavy atom. The molecule has 0 N–H and O–H groups in total. The minimum atomic E-state index is -0.147. The maximum absolute atomic E-state index is 13.0. The number of hydrogen-bond donors (Lipinski definition) is 0. The van der Waals surface area contributed by atoms with E-state index >= 15 is 0 Å². The Morgan fingerprint density at radius 3 is 2.96 bits per heavy atom. The first-order chi connectivity index (χ1) is 12.2. The molecule has 25 heavy (non-hydrogen) atoms. The van der Waals surface area contributed by atoms with Gasteiger partial charge in [-0.1, -0.05) is 18.2 Å². The van der Waals surface area contributed by atoms with Gasteiger partial charge in [0.25, 0.3) is 5.91 Å². The zero-order valence-corrected chi connectivity index (χ0v) is 14.2. The molecule has 0 saturated carbocycles. The van der Waals surface area contributed by atoms with Crippen LogP contribution in [-0.4, -0.2) is 44.2 Å². The fraction of sp³-hybridized carbons (Fsp3) is 0.333. The van der Waals surface area contributed by atoms with Crippen molar-refractivity contribution in [1.82, 2.24) is 24.6 Å². The third-order valence-electron chi connectivity index (χ3n) is 4.63. The van der Waals surface area contributed by atoms with Crippen LogP contribution in [0.2, 0.25) is 0 Å². The predicted octanol–water partition coefficient (Wildman–Crippen LogP) is 2.19. The first kappa shape index (κ1) is 15.7. The van der Waals surface area contributed by atoms with Gasteiger partial charge in [0.1, 0.15) is 6.61 Å². The van der Waals surface area contributed by atoms with Gasteiger partial charge in [0, 0.05) is 31.8 Å². The second kappa shape index (κ2) is 6.25. The lowest BCUT2D eigenvalue weighted by atomic mass is 10.1. The average molecular weight is 337 g/mol. The van der Waals surface area contributed by atoms with E-state index in [0.29, 0.717) is 25.3 Å². The largest absolute Gasteiger partial charge is 0.377 e. The van der Waals surface area contributed by atoms with Gasteiger partial charge in [-0.05, 0) is 19.1 Å². The maximum Gasteiger partial charge on any atom is 0.256 e. The van der Waals surface area contributed by atoms with Gasteiger partial charge in [-0.15, -0.1) is 10.2 Å². The number of carbonyl (C=O) groups excluding carboxylic acids is 1. The van der Waals surface area contributed by atoms with Crippen molar-refractivity contribution in [2.45, 2.75) is 26.1 Å². The molecule has 1 aliphatic rings. The summed E-state index contributed by atoms with van der Waals surface area (Å²) in [4.78, 5) is 19.2.